The minimum Gasteiger partial charge on any atom is -0.356 e. The van der Waals surface area contributed by atoms with Crippen molar-refractivity contribution in [1.82, 2.24) is 15.5 Å². The molecular weight excluding hydrogens is 407 g/mol. The molecule has 4 nitrogen and oxygen atoms in total. The van der Waals surface area contributed by atoms with Crippen molar-refractivity contribution in [2.24, 2.45) is 10.9 Å². The van der Waals surface area contributed by atoms with E-state index >= 15 is 0 Å². The maximum absolute atomic E-state index is 4.31. The van der Waals surface area contributed by atoms with Crippen LogP contribution in [0.15, 0.2) is 4.99 Å². The van der Waals surface area contributed by atoms with E-state index in [1.54, 1.807) is 0 Å². The van der Waals surface area contributed by atoms with E-state index in [2.05, 4.69) is 47.6 Å². The molecule has 0 aromatic rings. The molecule has 1 aliphatic rings. The van der Waals surface area contributed by atoms with Gasteiger partial charge in [0.05, 0.1) is 0 Å². The van der Waals surface area contributed by atoms with Gasteiger partial charge in [-0.3, -0.25) is 4.99 Å². The maximum atomic E-state index is 4.31. The van der Waals surface area contributed by atoms with E-state index in [0.717, 1.165) is 25.0 Å². The van der Waals surface area contributed by atoms with Crippen molar-refractivity contribution in [2.45, 2.75) is 44.8 Å². The van der Waals surface area contributed by atoms with Crippen LogP contribution in [0.1, 0.15) is 40.0 Å². The molecule has 0 bridgehead atoms. The zero-order valence-electron chi connectivity index (χ0n) is 14.9. The Morgan fingerprint density at radius 1 is 1.27 bits per heavy atom. The average Bonchev–Trinajstić information content (AvgIpc) is 2.51. The second-order valence-electron chi connectivity index (χ2n) is 6.48. The predicted octanol–water partition coefficient (Wildman–Crippen LogP) is 3.03. The fourth-order valence-electron chi connectivity index (χ4n) is 2.58. The Bertz CT molecular complexity index is 315. The molecule has 22 heavy (non-hydrogen) atoms. The Kier molecular flexibility index (Phi) is 12.0. The van der Waals surface area contributed by atoms with Gasteiger partial charge in [-0.05, 0) is 64.9 Å². The normalized spacial score (nSPS) is 18.0. The van der Waals surface area contributed by atoms with Gasteiger partial charge < -0.3 is 15.5 Å². The van der Waals surface area contributed by atoms with Gasteiger partial charge in [0.25, 0.3) is 0 Å². The smallest absolute Gasteiger partial charge is 0.191 e. The van der Waals surface area contributed by atoms with Gasteiger partial charge in [0, 0.05) is 24.9 Å². The largest absolute Gasteiger partial charge is 0.356 e. The molecule has 6 heteroatoms. The molecule has 1 rings (SSSR count). The van der Waals surface area contributed by atoms with Crippen molar-refractivity contribution >= 4 is 41.7 Å². The van der Waals surface area contributed by atoms with Crippen molar-refractivity contribution in [2.75, 3.05) is 46.0 Å². The summed E-state index contributed by atoms with van der Waals surface area (Å²) in [7, 11) is 1.85. The maximum Gasteiger partial charge on any atom is 0.191 e. The first kappa shape index (κ1) is 22.3. The number of guanidine groups is 1. The van der Waals surface area contributed by atoms with Crippen LogP contribution in [0.5, 0.6) is 0 Å². The van der Waals surface area contributed by atoms with Crippen LogP contribution in [0.4, 0.5) is 0 Å². The van der Waals surface area contributed by atoms with Crippen LogP contribution < -0.4 is 10.6 Å². The predicted molar refractivity (Wildman–Crippen MR) is 112 cm³/mol. The highest BCUT2D eigenvalue weighted by Crippen LogP contribution is 2.20. The number of aliphatic imine (C=N–C) groups is 1. The lowest BCUT2D eigenvalue weighted by atomic mass is 9.93. The van der Waals surface area contributed by atoms with Crippen molar-refractivity contribution in [3.8, 4) is 0 Å². The summed E-state index contributed by atoms with van der Waals surface area (Å²) in [5.41, 5.74) is 0. The van der Waals surface area contributed by atoms with Crippen LogP contribution in [0, 0.1) is 5.92 Å². The first-order valence-electron chi connectivity index (χ1n) is 8.22. The fourth-order valence-corrected chi connectivity index (χ4v) is 2.79. The van der Waals surface area contributed by atoms with Gasteiger partial charge in [0.15, 0.2) is 5.96 Å². The average molecular weight is 442 g/mol. The van der Waals surface area contributed by atoms with E-state index in [1.807, 2.05) is 18.8 Å². The molecule has 0 amide bonds. The molecule has 0 aromatic carbocycles. The molecule has 0 unspecified atom stereocenters. The lowest BCUT2D eigenvalue weighted by Crippen LogP contribution is -2.44. The number of hydrogen-bond donors (Lipinski definition) is 2. The van der Waals surface area contributed by atoms with Crippen molar-refractivity contribution in [1.29, 1.82) is 0 Å². The van der Waals surface area contributed by atoms with E-state index in [9.17, 15) is 0 Å². The third-order valence-electron chi connectivity index (χ3n) is 4.46. The lowest BCUT2D eigenvalue weighted by molar-refractivity contribution is 0.187. The van der Waals surface area contributed by atoms with Gasteiger partial charge in [0.2, 0.25) is 0 Å². The molecular formula is C16H35IN4S. The first-order chi connectivity index (χ1) is 10.0. The molecule has 0 aliphatic carbocycles. The topological polar surface area (TPSA) is 39.7 Å². The molecule has 0 aromatic heterocycles. The van der Waals surface area contributed by atoms with Crippen LogP contribution in [-0.4, -0.2) is 61.6 Å². The Balaban J connectivity index is 0.00000441. The van der Waals surface area contributed by atoms with Crippen LogP contribution >= 0.6 is 35.7 Å². The quantitative estimate of drug-likeness (QED) is 0.361. The van der Waals surface area contributed by atoms with E-state index in [1.165, 1.54) is 38.9 Å². The molecule has 2 N–H and O–H groups in total. The van der Waals surface area contributed by atoms with Crippen LogP contribution in [0.2, 0.25) is 0 Å². The molecule has 1 aliphatic heterocycles. The third kappa shape index (κ3) is 8.82. The Morgan fingerprint density at radius 2 is 1.91 bits per heavy atom. The lowest BCUT2D eigenvalue weighted by Gasteiger charge is -2.31. The second kappa shape index (κ2) is 11.8. The van der Waals surface area contributed by atoms with E-state index < -0.39 is 0 Å². The fraction of sp³-hybridized carbons (Fsp3) is 0.938. The van der Waals surface area contributed by atoms with Gasteiger partial charge in [0.1, 0.15) is 0 Å². The highest BCUT2D eigenvalue weighted by atomic mass is 127. The van der Waals surface area contributed by atoms with Gasteiger partial charge in [-0.2, -0.15) is 11.8 Å². The number of nitrogens with one attached hydrogen (secondary N) is 2. The van der Waals surface area contributed by atoms with E-state index in [-0.39, 0.29) is 28.7 Å². The monoisotopic (exact) mass is 442 g/mol. The van der Waals surface area contributed by atoms with Crippen LogP contribution in [0.3, 0.4) is 0 Å². The second-order valence-corrected chi connectivity index (χ2v) is 8.00. The molecule has 1 fully saturated rings. The summed E-state index contributed by atoms with van der Waals surface area (Å²) in [5.74, 6) is 1.81. The SMILES string of the molecule is CCN1CCC(CCNC(=NC)NCC(C)(C)SC)CC1.I. The van der Waals surface area contributed by atoms with E-state index in [4.69, 9.17) is 0 Å². The number of nitrogens with zero attached hydrogens (tertiary/aromatic N) is 2. The highest BCUT2D eigenvalue weighted by Gasteiger charge is 2.18. The minimum absolute atomic E-state index is 0. The summed E-state index contributed by atoms with van der Waals surface area (Å²) in [6, 6.07) is 0. The summed E-state index contributed by atoms with van der Waals surface area (Å²) in [6.45, 7) is 12.5. The zero-order chi connectivity index (χ0) is 15.7. The Morgan fingerprint density at radius 3 is 2.41 bits per heavy atom. The number of rotatable bonds is 7. The zero-order valence-corrected chi connectivity index (χ0v) is 18.1. The first-order valence-corrected chi connectivity index (χ1v) is 9.45. The standard InChI is InChI=1S/C16H34N4S.HI/c1-6-20-11-8-14(9-12-20)7-10-18-15(17-4)19-13-16(2,3)21-5;/h14H,6-13H2,1-5H3,(H2,17,18,19);1H. The summed E-state index contributed by atoms with van der Waals surface area (Å²) in [6.07, 6.45) is 6.10. The molecule has 132 valence electrons. The third-order valence-corrected chi connectivity index (χ3v) is 5.71. The molecule has 0 atom stereocenters. The van der Waals surface area contributed by atoms with Crippen LogP contribution in [0.25, 0.3) is 0 Å². The van der Waals surface area contributed by atoms with Gasteiger partial charge in [-0.1, -0.05) is 6.92 Å². The highest BCUT2D eigenvalue weighted by molar-refractivity contribution is 14.0. The van der Waals surface area contributed by atoms with Gasteiger partial charge >= 0.3 is 0 Å². The van der Waals surface area contributed by atoms with Crippen molar-refractivity contribution < 1.29 is 0 Å². The Labute approximate surface area is 158 Å². The number of hydrogen-bond acceptors (Lipinski definition) is 3. The summed E-state index contributed by atoms with van der Waals surface area (Å²) in [4.78, 5) is 6.86. The van der Waals surface area contributed by atoms with Crippen molar-refractivity contribution in [3.63, 3.8) is 0 Å². The van der Waals surface area contributed by atoms with E-state index in [0.29, 0.717) is 0 Å². The molecule has 0 radical (unpaired) electrons. The van der Waals surface area contributed by atoms with Crippen LogP contribution in [-0.2, 0) is 0 Å². The number of likely N-dealkylation sites (tertiary alicyclic amines) is 1. The summed E-state index contributed by atoms with van der Waals surface area (Å²) in [5, 5.41) is 6.88. The minimum atomic E-state index is 0. The molecule has 1 heterocycles. The molecule has 1 saturated heterocycles. The number of piperidine rings is 1. The summed E-state index contributed by atoms with van der Waals surface area (Å²) < 4.78 is 0.241. The molecule has 0 spiro atoms. The van der Waals surface area contributed by atoms with Gasteiger partial charge in [-0.15, -0.1) is 24.0 Å². The number of halogens is 1. The number of thioether (sulfide) groups is 1. The van der Waals surface area contributed by atoms with Gasteiger partial charge in [-0.25, -0.2) is 0 Å². The summed E-state index contributed by atoms with van der Waals surface area (Å²) >= 11 is 1.88. The Hall–Kier alpha value is 0.310. The van der Waals surface area contributed by atoms with Crippen molar-refractivity contribution in [3.05, 3.63) is 0 Å². The molecule has 0 saturated carbocycles.